The van der Waals surface area contributed by atoms with E-state index in [1.807, 2.05) is 4.90 Å². The van der Waals surface area contributed by atoms with Gasteiger partial charge >= 0.3 is 5.97 Å². The Hall–Kier alpha value is -3.34. The number of hydrogen-bond donors (Lipinski definition) is 2. The minimum Gasteiger partial charge on any atom is -0.477 e. The first-order valence-electron chi connectivity index (χ1n) is 7.51. The summed E-state index contributed by atoms with van der Waals surface area (Å²) in [4.78, 5) is 34.6. The summed E-state index contributed by atoms with van der Waals surface area (Å²) in [6, 6.07) is 1.72. The Morgan fingerprint density at radius 1 is 1.38 bits per heavy atom. The number of carbonyl (C=O) groups is 1. The quantitative estimate of drug-likeness (QED) is 0.511. The molecular formula is C15H12N6O4S. The lowest BCUT2D eigenvalue weighted by atomic mass is 10.1. The SMILES string of the molecule is Cc1cc(N2CC(=NO)C2)nc2c1c(=O)c(C(=O)O)cn2-c1ncns1. The van der Waals surface area contributed by atoms with Crippen molar-refractivity contribution in [2.75, 3.05) is 18.0 Å². The summed E-state index contributed by atoms with van der Waals surface area (Å²) in [5, 5.41) is 22.0. The molecule has 0 atom stereocenters. The van der Waals surface area contributed by atoms with E-state index in [1.165, 1.54) is 17.1 Å². The van der Waals surface area contributed by atoms with Crippen LogP contribution in [-0.4, -0.2) is 54.0 Å². The number of anilines is 1. The van der Waals surface area contributed by atoms with Crippen LogP contribution in [0.5, 0.6) is 0 Å². The summed E-state index contributed by atoms with van der Waals surface area (Å²) in [7, 11) is 0. The predicted molar refractivity (Wildman–Crippen MR) is 93.9 cm³/mol. The van der Waals surface area contributed by atoms with Crippen molar-refractivity contribution in [2.24, 2.45) is 5.16 Å². The molecule has 2 N–H and O–H groups in total. The van der Waals surface area contributed by atoms with Gasteiger partial charge < -0.3 is 15.2 Å². The summed E-state index contributed by atoms with van der Waals surface area (Å²) in [6.07, 6.45) is 2.57. The highest BCUT2D eigenvalue weighted by molar-refractivity contribution is 7.08. The van der Waals surface area contributed by atoms with Crippen LogP contribution in [0.2, 0.25) is 0 Å². The molecule has 0 aromatic carbocycles. The molecule has 1 aliphatic rings. The van der Waals surface area contributed by atoms with E-state index in [-0.39, 0.29) is 10.9 Å². The molecule has 0 spiro atoms. The topological polar surface area (TPSA) is 134 Å². The number of rotatable bonds is 3. The molecule has 10 nitrogen and oxygen atoms in total. The molecule has 1 aliphatic heterocycles. The summed E-state index contributed by atoms with van der Waals surface area (Å²) in [6.45, 7) is 2.60. The smallest absolute Gasteiger partial charge is 0.341 e. The lowest BCUT2D eigenvalue weighted by Crippen LogP contribution is -2.48. The van der Waals surface area contributed by atoms with Crippen LogP contribution in [0.3, 0.4) is 0 Å². The molecule has 4 rings (SSSR count). The zero-order chi connectivity index (χ0) is 18.4. The van der Waals surface area contributed by atoms with E-state index in [1.54, 1.807) is 13.0 Å². The zero-order valence-corrected chi connectivity index (χ0v) is 14.3. The van der Waals surface area contributed by atoms with Crippen molar-refractivity contribution >= 4 is 40.1 Å². The van der Waals surface area contributed by atoms with E-state index in [0.717, 1.165) is 11.5 Å². The Morgan fingerprint density at radius 2 is 2.15 bits per heavy atom. The third kappa shape index (κ3) is 2.40. The van der Waals surface area contributed by atoms with E-state index >= 15 is 0 Å². The molecule has 11 heteroatoms. The maximum atomic E-state index is 12.6. The van der Waals surface area contributed by atoms with Gasteiger partial charge in [-0.3, -0.25) is 9.36 Å². The summed E-state index contributed by atoms with van der Waals surface area (Å²) in [5.41, 5.74) is 0.592. The van der Waals surface area contributed by atoms with Gasteiger partial charge in [0.25, 0.3) is 0 Å². The highest BCUT2D eigenvalue weighted by atomic mass is 32.1. The molecular weight excluding hydrogens is 360 g/mol. The van der Waals surface area contributed by atoms with Crippen LogP contribution in [0.4, 0.5) is 5.82 Å². The average Bonchev–Trinajstić information content (AvgIpc) is 3.07. The lowest BCUT2D eigenvalue weighted by Gasteiger charge is -2.33. The van der Waals surface area contributed by atoms with E-state index in [4.69, 9.17) is 5.21 Å². The minimum absolute atomic E-state index is 0.223. The second kappa shape index (κ2) is 5.88. The van der Waals surface area contributed by atoms with Crippen LogP contribution >= 0.6 is 11.5 Å². The van der Waals surface area contributed by atoms with Gasteiger partial charge in [0, 0.05) is 17.7 Å². The van der Waals surface area contributed by atoms with Crippen LogP contribution in [0.25, 0.3) is 16.2 Å². The first-order valence-corrected chi connectivity index (χ1v) is 8.29. The molecule has 0 aliphatic carbocycles. The number of aryl methyl sites for hydroxylation is 1. The van der Waals surface area contributed by atoms with E-state index in [9.17, 15) is 14.7 Å². The van der Waals surface area contributed by atoms with Crippen LogP contribution in [0.15, 0.2) is 28.5 Å². The molecule has 0 unspecified atom stereocenters. The van der Waals surface area contributed by atoms with Crippen LogP contribution in [0, 0.1) is 6.92 Å². The lowest BCUT2D eigenvalue weighted by molar-refractivity contribution is 0.0695. The third-order valence-corrected chi connectivity index (χ3v) is 4.81. The fourth-order valence-electron chi connectivity index (χ4n) is 2.83. The van der Waals surface area contributed by atoms with Crippen LogP contribution < -0.4 is 10.3 Å². The van der Waals surface area contributed by atoms with Crippen molar-refractivity contribution in [2.45, 2.75) is 6.92 Å². The summed E-state index contributed by atoms with van der Waals surface area (Å²) < 4.78 is 5.40. The van der Waals surface area contributed by atoms with Gasteiger partial charge in [-0.25, -0.2) is 14.8 Å². The number of oxime groups is 1. The van der Waals surface area contributed by atoms with Crippen molar-refractivity contribution in [3.05, 3.63) is 39.9 Å². The molecule has 1 saturated heterocycles. The number of aromatic nitrogens is 4. The minimum atomic E-state index is -1.31. The van der Waals surface area contributed by atoms with Gasteiger partial charge in [-0.1, -0.05) is 5.16 Å². The third-order valence-electron chi connectivity index (χ3n) is 4.14. The Morgan fingerprint density at radius 3 is 2.77 bits per heavy atom. The number of carboxylic acid groups (broad SMARTS) is 1. The number of aromatic carboxylic acids is 1. The Labute approximate surface area is 149 Å². The highest BCUT2D eigenvalue weighted by Crippen LogP contribution is 2.25. The molecule has 3 aromatic rings. The molecule has 132 valence electrons. The first kappa shape index (κ1) is 16.1. The Bertz CT molecular complexity index is 1110. The van der Waals surface area contributed by atoms with Gasteiger partial charge in [0.2, 0.25) is 10.6 Å². The maximum absolute atomic E-state index is 12.6. The Kier molecular flexibility index (Phi) is 3.65. The first-order chi connectivity index (χ1) is 12.5. The Balaban J connectivity index is 2.00. The number of nitrogens with zero attached hydrogens (tertiary/aromatic N) is 6. The van der Waals surface area contributed by atoms with Crippen LogP contribution in [-0.2, 0) is 0 Å². The van der Waals surface area contributed by atoms with Crippen molar-refractivity contribution in [3.8, 4) is 5.13 Å². The second-order valence-corrected chi connectivity index (χ2v) is 6.55. The zero-order valence-electron chi connectivity index (χ0n) is 13.4. The van der Waals surface area contributed by atoms with Gasteiger partial charge in [0.15, 0.2) is 5.65 Å². The summed E-state index contributed by atoms with van der Waals surface area (Å²) in [5.74, 6) is -0.715. The van der Waals surface area contributed by atoms with Gasteiger partial charge in [0.05, 0.1) is 24.2 Å². The van der Waals surface area contributed by atoms with E-state index < -0.39 is 11.4 Å². The molecule has 3 aromatic heterocycles. The molecule has 1 fully saturated rings. The molecule has 0 bridgehead atoms. The average molecular weight is 372 g/mol. The largest absolute Gasteiger partial charge is 0.477 e. The van der Waals surface area contributed by atoms with Gasteiger partial charge in [-0.15, -0.1) is 0 Å². The number of pyridine rings is 2. The van der Waals surface area contributed by atoms with Crippen molar-refractivity contribution in [1.82, 2.24) is 18.9 Å². The van der Waals surface area contributed by atoms with Gasteiger partial charge in [-0.05, 0) is 18.6 Å². The van der Waals surface area contributed by atoms with E-state index in [2.05, 4.69) is 19.5 Å². The van der Waals surface area contributed by atoms with Gasteiger partial charge in [-0.2, -0.15) is 4.37 Å². The fraction of sp³-hybridized carbons (Fsp3) is 0.200. The monoisotopic (exact) mass is 372 g/mol. The number of fused-ring (bicyclic) bond motifs is 1. The normalized spacial score (nSPS) is 13.7. The predicted octanol–water partition coefficient (Wildman–Crippen LogP) is 0.894. The van der Waals surface area contributed by atoms with Crippen molar-refractivity contribution in [1.29, 1.82) is 0 Å². The van der Waals surface area contributed by atoms with E-state index in [0.29, 0.717) is 41.0 Å². The molecule has 4 heterocycles. The standard InChI is InChI=1S/C15H12N6O4S/c1-7-2-10(20-3-8(4-20)19-25)18-13-11(7)12(22)9(14(23)24)5-21(13)15-16-6-17-26-15/h2,5-6,25H,3-4H2,1H3,(H,23,24). The van der Waals surface area contributed by atoms with Gasteiger partial charge in [0.1, 0.15) is 17.7 Å². The van der Waals surface area contributed by atoms with Crippen molar-refractivity contribution in [3.63, 3.8) is 0 Å². The highest BCUT2D eigenvalue weighted by Gasteiger charge is 2.26. The number of carboxylic acids is 1. The molecule has 0 amide bonds. The van der Waals surface area contributed by atoms with Crippen molar-refractivity contribution < 1.29 is 15.1 Å². The molecule has 0 radical (unpaired) electrons. The molecule has 0 saturated carbocycles. The maximum Gasteiger partial charge on any atom is 0.341 e. The fourth-order valence-corrected chi connectivity index (χ4v) is 3.34. The van der Waals surface area contributed by atoms with Crippen LogP contribution in [0.1, 0.15) is 15.9 Å². The second-order valence-electron chi connectivity index (χ2n) is 5.79. The summed E-state index contributed by atoms with van der Waals surface area (Å²) >= 11 is 1.06. The number of hydrogen-bond acceptors (Lipinski definition) is 9. The molecule has 26 heavy (non-hydrogen) atoms.